The molecule has 2 unspecified atom stereocenters. The van der Waals surface area contributed by atoms with Gasteiger partial charge in [-0.2, -0.15) is 5.26 Å². The van der Waals surface area contributed by atoms with E-state index in [0.717, 1.165) is 25.0 Å². The second-order valence-corrected chi connectivity index (χ2v) is 4.51. The molecule has 0 spiro atoms. The SMILES string of the molecule is Cc1ccc(C2OCCCC2C#N)cc1C. The molecule has 2 nitrogen and oxygen atoms in total. The van der Waals surface area contributed by atoms with Crippen molar-refractivity contribution >= 4 is 0 Å². The Morgan fingerprint density at radius 2 is 2.12 bits per heavy atom. The summed E-state index contributed by atoms with van der Waals surface area (Å²) >= 11 is 0. The summed E-state index contributed by atoms with van der Waals surface area (Å²) in [6.07, 6.45) is 1.92. The number of nitriles is 1. The Bertz CT molecular complexity index is 419. The van der Waals surface area contributed by atoms with Crippen LogP contribution in [0.15, 0.2) is 18.2 Å². The van der Waals surface area contributed by atoms with Crippen LogP contribution in [0.2, 0.25) is 0 Å². The van der Waals surface area contributed by atoms with Crippen molar-refractivity contribution in [3.63, 3.8) is 0 Å². The first-order chi connectivity index (χ1) is 7.72. The monoisotopic (exact) mass is 215 g/mol. The summed E-state index contributed by atoms with van der Waals surface area (Å²) < 4.78 is 5.74. The lowest BCUT2D eigenvalue weighted by Gasteiger charge is -2.28. The fourth-order valence-corrected chi connectivity index (χ4v) is 2.18. The van der Waals surface area contributed by atoms with Gasteiger partial charge in [0, 0.05) is 6.61 Å². The topological polar surface area (TPSA) is 33.0 Å². The molecule has 0 N–H and O–H groups in total. The van der Waals surface area contributed by atoms with Gasteiger partial charge in [0.05, 0.1) is 18.1 Å². The van der Waals surface area contributed by atoms with E-state index in [1.54, 1.807) is 0 Å². The molecule has 0 radical (unpaired) electrons. The molecule has 2 atom stereocenters. The van der Waals surface area contributed by atoms with Crippen LogP contribution < -0.4 is 0 Å². The molecule has 1 saturated heterocycles. The van der Waals surface area contributed by atoms with Crippen LogP contribution in [0.4, 0.5) is 0 Å². The summed E-state index contributed by atoms with van der Waals surface area (Å²) in [5.74, 6) is 0.0101. The molecule has 84 valence electrons. The van der Waals surface area contributed by atoms with E-state index in [4.69, 9.17) is 10.00 Å². The summed E-state index contributed by atoms with van der Waals surface area (Å²) in [5.41, 5.74) is 3.70. The van der Waals surface area contributed by atoms with Crippen molar-refractivity contribution in [2.24, 2.45) is 5.92 Å². The van der Waals surface area contributed by atoms with Crippen molar-refractivity contribution in [2.75, 3.05) is 6.61 Å². The lowest BCUT2D eigenvalue weighted by atomic mass is 9.89. The van der Waals surface area contributed by atoms with Gasteiger partial charge in [0.1, 0.15) is 0 Å². The van der Waals surface area contributed by atoms with E-state index < -0.39 is 0 Å². The number of ether oxygens (including phenoxy) is 1. The van der Waals surface area contributed by atoms with Gasteiger partial charge in [-0.25, -0.2) is 0 Å². The highest BCUT2D eigenvalue weighted by molar-refractivity contribution is 5.32. The standard InChI is InChI=1S/C14H17NO/c1-10-5-6-12(8-11(10)2)14-13(9-15)4-3-7-16-14/h5-6,8,13-14H,3-4,7H2,1-2H3. The molecular formula is C14H17NO. The summed E-state index contributed by atoms with van der Waals surface area (Å²) in [7, 11) is 0. The van der Waals surface area contributed by atoms with Crippen LogP contribution in [-0.2, 0) is 4.74 Å². The Labute approximate surface area is 96.9 Å². The van der Waals surface area contributed by atoms with Gasteiger partial charge in [0.25, 0.3) is 0 Å². The molecule has 0 aromatic heterocycles. The van der Waals surface area contributed by atoms with Crippen LogP contribution in [0, 0.1) is 31.1 Å². The normalized spacial score (nSPS) is 25.1. The molecule has 0 aliphatic carbocycles. The van der Waals surface area contributed by atoms with Crippen molar-refractivity contribution < 1.29 is 4.74 Å². The first-order valence-corrected chi connectivity index (χ1v) is 5.80. The molecule has 2 heteroatoms. The number of nitrogens with zero attached hydrogens (tertiary/aromatic N) is 1. The van der Waals surface area contributed by atoms with Gasteiger partial charge in [0.2, 0.25) is 0 Å². The Hall–Kier alpha value is -1.33. The van der Waals surface area contributed by atoms with Crippen LogP contribution >= 0.6 is 0 Å². The molecule has 1 aromatic carbocycles. The van der Waals surface area contributed by atoms with E-state index in [1.165, 1.54) is 11.1 Å². The highest BCUT2D eigenvalue weighted by Gasteiger charge is 2.27. The zero-order valence-electron chi connectivity index (χ0n) is 9.86. The lowest BCUT2D eigenvalue weighted by Crippen LogP contribution is -2.21. The van der Waals surface area contributed by atoms with E-state index in [1.807, 2.05) is 0 Å². The zero-order valence-corrected chi connectivity index (χ0v) is 9.86. The highest BCUT2D eigenvalue weighted by Crippen LogP contribution is 2.33. The minimum atomic E-state index is -0.0296. The predicted octanol–water partition coefficient (Wildman–Crippen LogP) is 3.29. The van der Waals surface area contributed by atoms with Crippen molar-refractivity contribution in [1.29, 1.82) is 5.26 Å². The smallest absolute Gasteiger partial charge is 0.0983 e. The lowest BCUT2D eigenvalue weighted by molar-refractivity contribution is -0.0102. The van der Waals surface area contributed by atoms with Crippen LogP contribution in [0.3, 0.4) is 0 Å². The van der Waals surface area contributed by atoms with Crippen molar-refractivity contribution in [3.8, 4) is 6.07 Å². The fraction of sp³-hybridized carbons (Fsp3) is 0.500. The summed E-state index contributed by atoms with van der Waals surface area (Å²) in [5, 5.41) is 9.12. The van der Waals surface area contributed by atoms with Crippen LogP contribution in [-0.4, -0.2) is 6.61 Å². The Morgan fingerprint density at radius 1 is 1.31 bits per heavy atom. The molecule has 16 heavy (non-hydrogen) atoms. The fourth-order valence-electron chi connectivity index (χ4n) is 2.18. The maximum Gasteiger partial charge on any atom is 0.0983 e. The van der Waals surface area contributed by atoms with Crippen LogP contribution in [0.1, 0.15) is 35.6 Å². The number of rotatable bonds is 1. The zero-order chi connectivity index (χ0) is 11.5. The third-order valence-corrected chi connectivity index (χ3v) is 3.35. The highest BCUT2D eigenvalue weighted by atomic mass is 16.5. The third kappa shape index (κ3) is 2.10. The Kier molecular flexibility index (Phi) is 3.26. The van der Waals surface area contributed by atoms with Crippen molar-refractivity contribution in [1.82, 2.24) is 0 Å². The van der Waals surface area contributed by atoms with E-state index >= 15 is 0 Å². The molecule has 1 aliphatic rings. The number of hydrogen-bond donors (Lipinski definition) is 0. The molecule has 0 saturated carbocycles. The molecular weight excluding hydrogens is 198 g/mol. The predicted molar refractivity (Wildman–Crippen MR) is 62.9 cm³/mol. The number of benzene rings is 1. The molecule has 1 aromatic rings. The van der Waals surface area contributed by atoms with Crippen molar-refractivity contribution in [2.45, 2.75) is 32.8 Å². The van der Waals surface area contributed by atoms with Gasteiger partial charge in [-0.15, -0.1) is 0 Å². The van der Waals surface area contributed by atoms with E-state index in [2.05, 4.69) is 38.1 Å². The molecule has 1 fully saturated rings. The molecule has 0 amide bonds. The van der Waals surface area contributed by atoms with E-state index in [9.17, 15) is 0 Å². The second-order valence-electron chi connectivity index (χ2n) is 4.51. The summed E-state index contributed by atoms with van der Waals surface area (Å²) in [4.78, 5) is 0. The van der Waals surface area contributed by atoms with Gasteiger partial charge in [-0.05, 0) is 43.4 Å². The first kappa shape index (κ1) is 11.2. The first-order valence-electron chi connectivity index (χ1n) is 5.80. The minimum absolute atomic E-state index is 0.0101. The van der Waals surface area contributed by atoms with Gasteiger partial charge in [-0.1, -0.05) is 18.2 Å². The van der Waals surface area contributed by atoms with Crippen molar-refractivity contribution in [3.05, 3.63) is 34.9 Å². The number of hydrogen-bond acceptors (Lipinski definition) is 2. The molecule has 2 rings (SSSR count). The molecule has 0 bridgehead atoms. The van der Waals surface area contributed by atoms with Gasteiger partial charge < -0.3 is 4.74 Å². The summed E-state index contributed by atoms with van der Waals surface area (Å²) in [6.45, 7) is 4.97. The van der Waals surface area contributed by atoms with Gasteiger partial charge in [0.15, 0.2) is 0 Å². The molecule has 1 heterocycles. The van der Waals surface area contributed by atoms with E-state index in [-0.39, 0.29) is 12.0 Å². The third-order valence-electron chi connectivity index (χ3n) is 3.35. The summed E-state index contributed by atoms with van der Waals surface area (Å²) in [6, 6.07) is 8.70. The Morgan fingerprint density at radius 3 is 2.81 bits per heavy atom. The van der Waals surface area contributed by atoms with E-state index in [0.29, 0.717) is 0 Å². The largest absolute Gasteiger partial charge is 0.372 e. The van der Waals surface area contributed by atoms with Gasteiger partial charge in [-0.3, -0.25) is 0 Å². The van der Waals surface area contributed by atoms with Crippen LogP contribution in [0.25, 0.3) is 0 Å². The van der Waals surface area contributed by atoms with Gasteiger partial charge >= 0.3 is 0 Å². The quantitative estimate of drug-likeness (QED) is 0.720. The van der Waals surface area contributed by atoms with Crippen LogP contribution in [0.5, 0.6) is 0 Å². The molecule has 1 aliphatic heterocycles. The Balaban J connectivity index is 2.28. The number of aryl methyl sites for hydroxylation is 2. The maximum atomic E-state index is 9.12. The maximum absolute atomic E-state index is 9.12. The minimum Gasteiger partial charge on any atom is -0.372 e. The second kappa shape index (κ2) is 4.67. The average molecular weight is 215 g/mol. The average Bonchev–Trinajstić information content (AvgIpc) is 2.32.